The summed E-state index contributed by atoms with van der Waals surface area (Å²) in [5, 5.41) is 11.7. The number of rotatable bonds is 2. The zero-order chi connectivity index (χ0) is 13.1. The van der Waals surface area contributed by atoms with Crippen molar-refractivity contribution in [3.8, 4) is 0 Å². The fraction of sp³-hybridized carbons (Fsp3) is 0.833. The Morgan fingerprint density at radius 3 is 2.35 bits per heavy atom. The van der Waals surface area contributed by atoms with E-state index < -0.39 is 23.6 Å². The summed E-state index contributed by atoms with van der Waals surface area (Å²) in [6, 6.07) is -0.309. The maximum absolute atomic E-state index is 11.6. The first kappa shape index (κ1) is 13.8. The molecule has 5 nitrogen and oxygen atoms in total. The summed E-state index contributed by atoms with van der Waals surface area (Å²) in [5.41, 5.74) is -0.558. The number of aliphatic carboxylic acids is 1. The lowest BCUT2D eigenvalue weighted by Crippen LogP contribution is -2.46. The van der Waals surface area contributed by atoms with Crippen LogP contribution in [0.5, 0.6) is 0 Å². The number of nitrogens with one attached hydrogen (secondary N) is 1. The number of carboxylic acids is 1. The van der Waals surface area contributed by atoms with Gasteiger partial charge in [0.1, 0.15) is 5.60 Å². The third-order valence-electron chi connectivity index (χ3n) is 2.79. The Labute approximate surface area is 102 Å². The third-order valence-corrected chi connectivity index (χ3v) is 2.79. The molecule has 17 heavy (non-hydrogen) atoms. The average Bonchev–Trinajstić information content (AvgIpc) is 2.14. The molecule has 1 saturated carbocycles. The van der Waals surface area contributed by atoms with Crippen molar-refractivity contribution >= 4 is 12.1 Å². The molecule has 0 aromatic carbocycles. The topological polar surface area (TPSA) is 75.6 Å². The maximum atomic E-state index is 11.6. The van der Waals surface area contributed by atoms with E-state index in [1.807, 2.05) is 0 Å². The first-order chi connectivity index (χ1) is 7.79. The van der Waals surface area contributed by atoms with Gasteiger partial charge >= 0.3 is 12.1 Å². The smallest absolute Gasteiger partial charge is 0.407 e. The van der Waals surface area contributed by atoms with E-state index in [9.17, 15) is 9.59 Å². The Morgan fingerprint density at radius 1 is 1.24 bits per heavy atom. The fourth-order valence-electron chi connectivity index (χ4n) is 2.06. The van der Waals surface area contributed by atoms with Gasteiger partial charge in [0.05, 0.1) is 5.92 Å². The standard InChI is InChI=1S/C12H21NO4/c1-12(2,3)17-11(16)13-9-7-5-4-6-8(9)10(14)15/h8-9H,4-7H2,1-3H3,(H,13,16)(H,14,15)/t8?,9-/m1/s1. The molecule has 98 valence electrons. The van der Waals surface area contributed by atoms with E-state index in [0.717, 1.165) is 12.8 Å². The molecule has 0 aromatic heterocycles. The number of ether oxygens (including phenoxy) is 1. The van der Waals surface area contributed by atoms with Crippen molar-refractivity contribution in [2.24, 2.45) is 5.92 Å². The van der Waals surface area contributed by atoms with Gasteiger partial charge in [0.25, 0.3) is 0 Å². The Morgan fingerprint density at radius 2 is 1.82 bits per heavy atom. The van der Waals surface area contributed by atoms with Crippen LogP contribution in [-0.4, -0.2) is 28.8 Å². The highest BCUT2D eigenvalue weighted by molar-refractivity contribution is 5.73. The third kappa shape index (κ3) is 4.63. The Hall–Kier alpha value is -1.26. The molecular formula is C12H21NO4. The van der Waals surface area contributed by atoms with Gasteiger partial charge in [0.2, 0.25) is 0 Å². The van der Waals surface area contributed by atoms with Gasteiger partial charge in [-0.25, -0.2) is 4.79 Å². The highest BCUT2D eigenvalue weighted by atomic mass is 16.6. The zero-order valence-electron chi connectivity index (χ0n) is 10.7. The average molecular weight is 243 g/mol. The van der Waals surface area contributed by atoms with Crippen LogP contribution in [0.4, 0.5) is 4.79 Å². The van der Waals surface area contributed by atoms with Crippen molar-refractivity contribution in [3.63, 3.8) is 0 Å². The van der Waals surface area contributed by atoms with Crippen molar-refractivity contribution in [2.45, 2.75) is 58.1 Å². The largest absolute Gasteiger partial charge is 0.481 e. The zero-order valence-corrected chi connectivity index (χ0v) is 10.7. The molecular weight excluding hydrogens is 222 g/mol. The molecule has 5 heteroatoms. The molecule has 0 aliphatic heterocycles. The van der Waals surface area contributed by atoms with Crippen LogP contribution in [0.15, 0.2) is 0 Å². The summed E-state index contributed by atoms with van der Waals surface area (Å²) in [4.78, 5) is 22.6. The lowest BCUT2D eigenvalue weighted by atomic mass is 9.84. The molecule has 1 fully saturated rings. The lowest BCUT2D eigenvalue weighted by Gasteiger charge is -2.30. The second-order valence-corrected chi connectivity index (χ2v) is 5.48. The van der Waals surface area contributed by atoms with Crippen LogP contribution in [-0.2, 0) is 9.53 Å². The molecule has 0 bridgehead atoms. The number of carbonyl (C=O) groups excluding carboxylic acids is 1. The minimum atomic E-state index is -0.842. The van der Waals surface area contributed by atoms with Crippen LogP contribution in [0, 0.1) is 5.92 Å². The van der Waals surface area contributed by atoms with Crippen LogP contribution < -0.4 is 5.32 Å². The van der Waals surface area contributed by atoms with Crippen molar-refractivity contribution in [1.82, 2.24) is 5.32 Å². The second kappa shape index (κ2) is 5.38. The van der Waals surface area contributed by atoms with Crippen LogP contribution in [0.3, 0.4) is 0 Å². The van der Waals surface area contributed by atoms with Crippen LogP contribution in [0.25, 0.3) is 0 Å². The van der Waals surface area contributed by atoms with Crippen molar-refractivity contribution in [3.05, 3.63) is 0 Å². The number of carboxylic acid groups (broad SMARTS) is 1. The van der Waals surface area contributed by atoms with Crippen LogP contribution in [0.1, 0.15) is 46.5 Å². The predicted molar refractivity (Wildman–Crippen MR) is 62.8 cm³/mol. The van der Waals surface area contributed by atoms with Gasteiger partial charge < -0.3 is 15.2 Å². The van der Waals surface area contributed by atoms with Gasteiger partial charge in [-0.2, -0.15) is 0 Å². The van der Waals surface area contributed by atoms with E-state index >= 15 is 0 Å². The Balaban J connectivity index is 2.53. The fourth-order valence-corrected chi connectivity index (χ4v) is 2.06. The molecule has 0 saturated heterocycles. The van der Waals surface area contributed by atoms with Gasteiger partial charge in [-0.05, 0) is 33.6 Å². The van der Waals surface area contributed by atoms with Crippen molar-refractivity contribution in [1.29, 1.82) is 0 Å². The summed E-state index contributed by atoms with van der Waals surface area (Å²) < 4.78 is 5.13. The quantitative estimate of drug-likeness (QED) is 0.779. The molecule has 1 rings (SSSR count). The molecule has 1 unspecified atom stereocenters. The number of alkyl carbamates (subject to hydrolysis) is 1. The molecule has 1 amide bonds. The number of amides is 1. The summed E-state index contributed by atoms with van der Waals surface area (Å²) in [5.74, 6) is -1.33. The van der Waals surface area contributed by atoms with E-state index in [1.165, 1.54) is 0 Å². The summed E-state index contributed by atoms with van der Waals surface area (Å²) in [6.07, 6.45) is 2.65. The van der Waals surface area contributed by atoms with Gasteiger partial charge in [0.15, 0.2) is 0 Å². The molecule has 1 aliphatic carbocycles. The second-order valence-electron chi connectivity index (χ2n) is 5.48. The SMILES string of the molecule is CC(C)(C)OC(=O)N[C@@H]1CCCCC1C(=O)O. The number of hydrogen-bond donors (Lipinski definition) is 2. The van der Waals surface area contributed by atoms with Gasteiger partial charge in [-0.3, -0.25) is 4.79 Å². The maximum Gasteiger partial charge on any atom is 0.407 e. The van der Waals surface area contributed by atoms with E-state index in [2.05, 4.69) is 5.32 Å². The number of carbonyl (C=O) groups is 2. The molecule has 0 aromatic rings. The monoisotopic (exact) mass is 243 g/mol. The minimum Gasteiger partial charge on any atom is -0.481 e. The predicted octanol–water partition coefficient (Wildman–Crippen LogP) is 2.15. The first-order valence-corrected chi connectivity index (χ1v) is 6.02. The molecule has 2 N–H and O–H groups in total. The van der Waals surface area contributed by atoms with E-state index in [1.54, 1.807) is 20.8 Å². The highest BCUT2D eigenvalue weighted by Gasteiger charge is 2.32. The minimum absolute atomic E-state index is 0.309. The van der Waals surface area contributed by atoms with Crippen molar-refractivity contribution in [2.75, 3.05) is 0 Å². The van der Waals surface area contributed by atoms with E-state index in [0.29, 0.717) is 12.8 Å². The molecule has 0 radical (unpaired) electrons. The molecule has 0 spiro atoms. The summed E-state index contributed by atoms with van der Waals surface area (Å²) in [7, 11) is 0. The van der Waals surface area contributed by atoms with Gasteiger partial charge in [-0.1, -0.05) is 12.8 Å². The van der Waals surface area contributed by atoms with Crippen molar-refractivity contribution < 1.29 is 19.4 Å². The summed E-state index contributed by atoms with van der Waals surface area (Å²) >= 11 is 0. The van der Waals surface area contributed by atoms with Crippen LogP contribution in [0.2, 0.25) is 0 Å². The first-order valence-electron chi connectivity index (χ1n) is 6.02. The molecule has 0 heterocycles. The van der Waals surface area contributed by atoms with Gasteiger partial charge in [0, 0.05) is 6.04 Å². The summed E-state index contributed by atoms with van der Waals surface area (Å²) in [6.45, 7) is 5.34. The Bertz CT molecular complexity index is 295. The van der Waals surface area contributed by atoms with E-state index in [-0.39, 0.29) is 6.04 Å². The molecule has 1 aliphatic rings. The highest BCUT2D eigenvalue weighted by Crippen LogP contribution is 2.25. The number of hydrogen-bond acceptors (Lipinski definition) is 3. The lowest BCUT2D eigenvalue weighted by molar-refractivity contribution is -0.143. The van der Waals surface area contributed by atoms with Gasteiger partial charge in [-0.15, -0.1) is 0 Å². The van der Waals surface area contributed by atoms with E-state index in [4.69, 9.17) is 9.84 Å². The van der Waals surface area contributed by atoms with Crippen LogP contribution >= 0.6 is 0 Å². The normalized spacial score (nSPS) is 25.1. The Kier molecular flexibility index (Phi) is 4.37. The molecule has 2 atom stereocenters.